The van der Waals surface area contributed by atoms with E-state index in [1.807, 2.05) is 6.08 Å². The van der Waals surface area contributed by atoms with Crippen LogP contribution >= 0.6 is 15.9 Å². The molecule has 0 amide bonds. The fourth-order valence-electron chi connectivity index (χ4n) is 0.588. The summed E-state index contributed by atoms with van der Waals surface area (Å²) >= 11 is 3.28. The molecule has 0 saturated heterocycles. The molecule has 0 aromatic rings. The highest BCUT2D eigenvalue weighted by Crippen LogP contribution is 2.07. The van der Waals surface area contributed by atoms with Crippen LogP contribution in [0.15, 0.2) is 17.1 Å². The molecule has 44 valence electrons. The van der Waals surface area contributed by atoms with Gasteiger partial charge in [-0.15, -0.1) is 0 Å². The Morgan fingerprint density at radius 2 is 2.62 bits per heavy atom. The van der Waals surface area contributed by atoms with E-state index in [4.69, 9.17) is 0 Å². The summed E-state index contributed by atoms with van der Waals surface area (Å²) in [4.78, 5) is 4.16. The van der Waals surface area contributed by atoms with Crippen LogP contribution in [-0.2, 0) is 0 Å². The van der Waals surface area contributed by atoms with Crippen LogP contribution in [0.1, 0.15) is 6.92 Å². The van der Waals surface area contributed by atoms with Crippen LogP contribution < -0.4 is 0 Å². The molecule has 0 spiro atoms. The first-order valence-electron chi connectivity index (χ1n) is 2.67. The minimum atomic E-state index is 0.622. The number of allylic oxidation sites excluding steroid dienone is 1. The first-order chi connectivity index (χ1) is 3.79. The lowest BCUT2D eigenvalue weighted by molar-refractivity contribution is 0.736. The van der Waals surface area contributed by atoms with E-state index in [2.05, 4.69) is 33.9 Å². The second-order valence-electron chi connectivity index (χ2n) is 2.00. The molecule has 1 aliphatic rings. The molecule has 1 nitrogen and oxygen atoms in total. The third kappa shape index (κ3) is 1.44. The van der Waals surface area contributed by atoms with Crippen molar-refractivity contribution in [2.45, 2.75) is 6.92 Å². The minimum Gasteiger partial charge on any atom is -0.277 e. The molecule has 0 fully saturated rings. The molecular formula is C6H8BrN. The van der Waals surface area contributed by atoms with Crippen LogP contribution in [0.3, 0.4) is 0 Å². The van der Waals surface area contributed by atoms with Crippen molar-refractivity contribution in [1.29, 1.82) is 0 Å². The zero-order chi connectivity index (χ0) is 5.98. The molecule has 0 aromatic carbocycles. The Bertz CT molecular complexity index is 137. The lowest BCUT2D eigenvalue weighted by Gasteiger charge is -2.05. The van der Waals surface area contributed by atoms with E-state index < -0.39 is 0 Å². The predicted molar refractivity (Wildman–Crippen MR) is 39.5 cm³/mol. The summed E-state index contributed by atoms with van der Waals surface area (Å²) < 4.78 is 0.968. The second-order valence-corrected chi connectivity index (χ2v) is 2.81. The summed E-state index contributed by atoms with van der Waals surface area (Å²) in [7, 11) is 0. The van der Waals surface area contributed by atoms with Gasteiger partial charge in [0.05, 0.1) is 4.62 Å². The first-order valence-corrected chi connectivity index (χ1v) is 3.46. The molecule has 0 aromatic heterocycles. The van der Waals surface area contributed by atoms with Gasteiger partial charge in [0.25, 0.3) is 0 Å². The van der Waals surface area contributed by atoms with Gasteiger partial charge in [0, 0.05) is 6.54 Å². The van der Waals surface area contributed by atoms with Crippen LogP contribution in [0.5, 0.6) is 0 Å². The third-order valence-corrected chi connectivity index (χ3v) is 1.61. The molecule has 1 heterocycles. The summed E-state index contributed by atoms with van der Waals surface area (Å²) in [5, 5.41) is 0. The molecular weight excluding hydrogens is 166 g/mol. The average Bonchev–Trinajstić information content (AvgIpc) is 1.77. The van der Waals surface area contributed by atoms with Crippen molar-refractivity contribution in [2.75, 3.05) is 6.54 Å². The first kappa shape index (κ1) is 6.02. The minimum absolute atomic E-state index is 0.622. The molecule has 0 radical (unpaired) electrons. The van der Waals surface area contributed by atoms with E-state index in [-0.39, 0.29) is 0 Å². The molecule has 0 saturated carbocycles. The van der Waals surface area contributed by atoms with Crippen molar-refractivity contribution in [3.8, 4) is 0 Å². The van der Waals surface area contributed by atoms with Gasteiger partial charge in [-0.1, -0.05) is 13.0 Å². The maximum absolute atomic E-state index is 4.16. The normalized spacial score (nSPS) is 27.8. The Kier molecular flexibility index (Phi) is 1.84. The monoisotopic (exact) mass is 173 g/mol. The molecule has 1 rings (SSSR count). The van der Waals surface area contributed by atoms with Crippen LogP contribution in [0.25, 0.3) is 0 Å². The number of hydrogen-bond acceptors (Lipinski definition) is 1. The molecule has 2 heteroatoms. The lowest BCUT2D eigenvalue weighted by atomic mass is 10.1. The van der Waals surface area contributed by atoms with Gasteiger partial charge in [0.1, 0.15) is 0 Å². The standard InChI is InChI=1S/C6H8BrN/c1-5-2-3-6(7)8-4-5/h2-3,5H,4H2,1H3. The third-order valence-electron chi connectivity index (χ3n) is 1.09. The highest BCUT2D eigenvalue weighted by molar-refractivity contribution is 9.18. The summed E-state index contributed by atoms with van der Waals surface area (Å²) in [6.45, 7) is 3.08. The Morgan fingerprint density at radius 3 is 3.00 bits per heavy atom. The van der Waals surface area contributed by atoms with Gasteiger partial charge < -0.3 is 0 Å². The smallest absolute Gasteiger partial charge is 0.0997 e. The van der Waals surface area contributed by atoms with Crippen molar-refractivity contribution in [2.24, 2.45) is 10.9 Å². The van der Waals surface area contributed by atoms with Gasteiger partial charge in [-0.25, -0.2) is 0 Å². The highest BCUT2D eigenvalue weighted by atomic mass is 79.9. The fourth-order valence-corrected chi connectivity index (χ4v) is 0.886. The van der Waals surface area contributed by atoms with Crippen molar-refractivity contribution >= 4 is 20.6 Å². The number of aliphatic imine (C=N–C) groups is 1. The van der Waals surface area contributed by atoms with Gasteiger partial charge >= 0.3 is 0 Å². The van der Waals surface area contributed by atoms with Gasteiger partial charge in [-0.2, -0.15) is 0 Å². The predicted octanol–water partition coefficient (Wildman–Crippen LogP) is 1.99. The SMILES string of the molecule is CC1C=CC(Br)=NC1. The topological polar surface area (TPSA) is 12.4 Å². The Balaban J connectivity index is 2.58. The average molecular weight is 174 g/mol. The molecule has 0 N–H and O–H groups in total. The molecule has 1 unspecified atom stereocenters. The van der Waals surface area contributed by atoms with Crippen molar-refractivity contribution in [3.05, 3.63) is 12.2 Å². The zero-order valence-corrected chi connectivity index (χ0v) is 6.35. The summed E-state index contributed by atoms with van der Waals surface area (Å²) in [6, 6.07) is 0. The maximum Gasteiger partial charge on any atom is 0.0997 e. The number of halogens is 1. The van der Waals surface area contributed by atoms with Gasteiger partial charge in [0.15, 0.2) is 0 Å². The van der Waals surface area contributed by atoms with E-state index in [0.717, 1.165) is 11.2 Å². The molecule has 0 bridgehead atoms. The summed E-state index contributed by atoms with van der Waals surface area (Å²) in [5.74, 6) is 0.622. The van der Waals surface area contributed by atoms with E-state index in [1.165, 1.54) is 0 Å². The lowest BCUT2D eigenvalue weighted by Crippen LogP contribution is -2.01. The van der Waals surface area contributed by atoms with Crippen LogP contribution in [0.4, 0.5) is 0 Å². The highest BCUT2D eigenvalue weighted by Gasteiger charge is 1.99. The van der Waals surface area contributed by atoms with E-state index in [1.54, 1.807) is 0 Å². The van der Waals surface area contributed by atoms with Crippen LogP contribution in [0.2, 0.25) is 0 Å². The van der Waals surface area contributed by atoms with Gasteiger partial charge in [0.2, 0.25) is 0 Å². The number of rotatable bonds is 0. The largest absolute Gasteiger partial charge is 0.277 e. The number of hydrogen-bond donors (Lipinski definition) is 0. The zero-order valence-electron chi connectivity index (χ0n) is 4.76. The molecule has 0 aliphatic carbocycles. The van der Waals surface area contributed by atoms with Crippen LogP contribution in [-0.4, -0.2) is 11.2 Å². The number of nitrogens with zero attached hydrogens (tertiary/aromatic N) is 1. The van der Waals surface area contributed by atoms with Crippen molar-refractivity contribution in [3.63, 3.8) is 0 Å². The summed E-state index contributed by atoms with van der Waals surface area (Å²) in [6.07, 6.45) is 4.14. The Labute approximate surface area is 57.6 Å². The summed E-state index contributed by atoms with van der Waals surface area (Å²) in [5.41, 5.74) is 0. The van der Waals surface area contributed by atoms with E-state index in [9.17, 15) is 0 Å². The van der Waals surface area contributed by atoms with Gasteiger partial charge in [-0.05, 0) is 27.9 Å². The molecule has 8 heavy (non-hydrogen) atoms. The van der Waals surface area contributed by atoms with Crippen molar-refractivity contribution in [1.82, 2.24) is 0 Å². The van der Waals surface area contributed by atoms with Crippen molar-refractivity contribution < 1.29 is 0 Å². The Hall–Kier alpha value is -0.110. The molecule has 1 aliphatic heterocycles. The van der Waals surface area contributed by atoms with E-state index >= 15 is 0 Å². The Morgan fingerprint density at radius 1 is 1.88 bits per heavy atom. The van der Waals surface area contributed by atoms with Gasteiger partial charge in [-0.3, -0.25) is 4.99 Å². The number of dihydropyridines is 1. The fraction of sp³-hybridized carbons (Fsp3) is 0.500. The van der Waals surface area contributed by atoms with E-state index in [0.29, 0.717) is 5.92 Å². The molecule has 1 atom stereocenters. The second kappa shape index (κ2) is 2.44. The quantitative estimate of drug-likeness (QED) is 0.532. The maximum atomic E-state index is 4.16. The van der Waals surface area contributed by atoms with Crippen LogP contribution in [0, 0.1) is 5.92 Å².